The third-order valence-electron chi connectivity index (χ3n) is 6.66. The Morgan fingerprint density at radius 3 is 2.50 bits per heavy atom. The van der Waals surface area contributed by atoms with E-state index in [1.165, 1.54) is 11.1 Å². The molecule has 1 aromatic heterocycles. The van der Waals surface area contributed by atoms with E-state index in [0.717, 1.165) is 19.3 Å². The summed E-state index contributed by atoms with van der Waals surface area (Å²) in [6.07, 6.45) is 5.96. The largest absolute Gasteiger partial charge is 0.366 e. The minimum Gasteiger partial charge on any atom is -0.366 e. The lowest BCUT2D eigenvalue weighted by atomic mass is 9.86. The molecule has 2 aromatic rings. The molecule has 2 fully saturated rings. The van der Waals surface area contributed by atoms with Crippen molar-refractivity contribution in [3.8, 4) is 5.69 Å². The van der Waals surface area contributed by atoms with Gasteiger partial charge in [0.15, 0.2) is 0 Å². The number of carbonyl (C=O) groups is 2. The number of piperazine rings is 1. The zero-order chi connectivity index (χ0) is 24.1. The van der Waals surface area contributed by atoms with Crippen LogP contribution in [0.15, 0.2) is 41.3 Å². The Hall–Kier alpha value is -2.91. The fourth-order valence-electron chi connectivity index (χ4n) is 4.65. The zero-order valence-corrected chi connectivity index (χ0v) is 20.1. The van der Waals surface area contributed by atoms with E-state index in [1.807, 2.05) is 28.0 Å². The molecule has 0 bridgehead atoms. The van der Waals surface area contributed by atoms with Crippen LogP contribution in [-0.4, -0.2) is 65.4 Å². The first kappa shape index (κ1) is 24.2. The number of anilines is 1. The van der Waals surface area contributed by atoms with Gasteiger partial charge in [0.25, 0.3) is 5.56 Å². The molecule has 0 unspecified atom stereocenters. The molecular weight excluding hydrogens is 456 g/mol. The van der Waals surface area contributed by atoms with Crippen molar-refractivity contribution in [1.82, 2.24) is 25.3 Å². The van der Waals surface area contributed by atoms with Crippen LogP contribution in [-0.2, 0) is 4.79 Å². The summed E-state index contributed by atoms with van der Waals surface area (Å²) in [4.78, 5) is 41.3. The zero-order valence-electron chi connectivity index (χ0n) is 19.4. The fraction of sp³-hybridized carbons (Fsp3) is 0.500. The van der Waals surface area contributed by atoms with E-state index in [1.54, 1.807) is 18.3 Å². The van der Waals surface area contributed by atoms with Gasteiger partial charge in [-0.3, -0.25) is 19.8 Å². The normalized spacial score (nSPS) is 21.2. The van der Waals surface area contributed by atoms with E-state index in [9.17, 15) is 14.4 Å². The van der Waals surface area contributed by atoms with Crippen molar-refractivity contribution in [2.75, 3.05) is 37.6 Å². The van der Waals surface area contributed by atoms with E-state index in [0.29, 0.717) is 43.5 Å². The summed E-state index contributed by atoms with van der Waals surface area (Å²) >= 11 is 6.41. The lowest BCUT2D eigenvalue weighted by Crippen LogP contribution is -2.53. The first-order chi connectivity index (χ1) is 16.4. The number of carbonyl (C=O) groups excluding carboxylic acids is 2. The van der Waals surface area contributed by atoms with E-state index in [2.05, 4.69) is 22.7 Å². The molecule has 182 valence electrons. The Morgan fingerprint density at radius 1 is 1.09 bits per heavy atom. The molecule has 0 spiro atoms. The molecule has 2 atom stereocenters. The van der Waals surface area contributed by atoms with Gasteiger partial charge in [-0.25, -0.2) is 4.79 Å². The van der Waals surface area contributed by atoms with Gasteiger partial charge in [-0.05, 0) is 30.9 Å². The van der Waals surface area contributed by atoms with Gasteiger partial charge >= 0.3 is 6.03 Å². The molecule has 2 aliphatic rings. The summed E-state index contributed by atoms with van der Waals surface area (Å²) in [6.45, 7) is 4.67. The number of amides is 3. The molecule has 1 aromatic carbocycles. The molecule has 1 saturated heterocycles. The van der Waals surface area contributed by atoms with Crippen LogP contribution < -0.4 is 21.1 Å². The average Bonchev–Trinajstić information content (AvgIpc) is 2.83. The van der Waals surface area contributed by atoms with Gasteiger partial charge in [-0.1, -0.05) is 49.6 Å². The second kappa shape index (κ2) is 11.0. The van der Waals surface area contributed by atoms with Crippen LogP contribution in [0.5, 0.6) is 0 Å². The Labute approximate surface area is 204 Å². The number of urea groups is 1. The first-order valence-corrected chi connectivity index (χ1v) is 12.2. The van der Waals surface area contributed by atoms with Crippen molar-refractivity contribution in [1.29, 1.82) is 0 Å². The lowest BCUT2D eigenvalue weighted by molar-refractivity contribution is -0.121. The molecule has 0 radical (unpaired) electrons. The molecule has 1 aliphatic heterocycles. The summed E-state index contributed by atoms with van der Waals surface area (Å²) in [5.74, 6) is 0.110. The van der Waals surface area contributed by atoms with Crippen LogP contribution in [0.1, 0.15) is 32.6 Å². The topological polar surface area (TPSA) is 99.6 Å². The lowest BCUT2D eigenvalue weighted by Gasteiger charge is -2.35. The number of halogens is 1. The Kier molecular flexibility index (Phi) is 7.84. The second-order valence-electron chi connectivity index (χ2n) is 9.05. The molecular formula is C24H31ClN6O3. The summed E-state index contributed by atoms with van der Waals surface area (Å²) < 4.78 is 1.28. The number of hydrogen-bond acceptors (Lipinski definition) is 6. The van der Waals surface area contributed by atoms with E-state index >= 15 is 0 Å². The predicted octanol–water partition coefficient (Wildman–Crippen LogP) is 2.41. The van der Waals surface area contributed by atoms with Crippen LogP contribution in [0.4, 0.5) is 10.5 Å². The van der Waals surface area contributed by atoms with Gasteiger partial charge in [0.05, 0.1) is 24.1 Å². The number of nitrogens with one attached hydrogen (secondary N) is 2. The van der Waals surface area contributed by atoms with Crippen molar-refractivity contribution in [2.45, 2.75) is 38.6 Å². The number of para-hydroxylation sites is 1. The van der Waals surface area contributed by atoms with E-state index < -0.39 is 6.03 Å². The standard InChI is InChI=1S/C24H31ClN6O3/c1-17-7-5-6-10-19(17)27-24(34)28-21(32)16-29-11-13-30(14-12-29)20-15-26-31(23(33)22(20)25)18-8-3-2-4-9-18/h2-4,8-9,15,17,19H,5-7,10-14,16H2,1H3,(H2,27,28,32,34)/t17-,19-/m0/s1. The highest BCUT2D eigenvalue weighted by Gasteiger charge is 2.25. The number of aromatic nitrogens is 2. The van der Waals surface area contributed by atoms with Crippen molar-refractivity contribution >= 4 is 29.2 Å². The van der Waals surface area contributed by atoms with Gasteiger partial charge in [-0.15, -0.1) is 0 Å². The molecule has 1 aliphatic carbocycles. The molecule has 1 saturated carbocycles. The summed E-state index contributed by atoms with van der Waals surface area (Å²) in [7, 11) is 0. The van der Waals surface area contributed by atoms with Crippen LogP contribution in [0.3, 0.4) is 0 Å². The van der Waals surface area contributed by atoms with E-state index in [4.69, 9.17) is 11.6 Å². The molecule has 9 nitrogen and oxygen atoms in total. The van der Waals surface area contributed by atoms with Crippen molar-refractivity contribution in [3.63, 3.8) is 0 Å². The summed E-state index contributed by atoms with van der Waals surface area (Å²) in [6, 6.07) is 8.84. The van der Waals surface area contributed by atoms with E-state index in [-0.39, 0.29) is 29.1 Å². The highest BCUT2D eigenvalue weighted by molar-refractivity contribution is 6.33. The summed E-state index contributed by atoms with van der Waals surface area (Å²) in [5.41, 5.74) is 0.869. The number of rotatable bonds is 5. The average molecular weight is 487 g/mol. The molecule has 2 N–H and O–H groups in total. The number of hydrogen-bond donors (Lipinski definition) is 2. The number of nitrogens with zero attached hydrogens (tertiary/aromatic N) is 4. The smallest absolute Gasteiger partial charge is 0.321 e. The first-order valence-electron chi connectivity index (χ1n) is 11.8. The molecule has 2 heterocycles. The minimum absolute atomic E-state index is 0.124. The third kappa shape index (κ3) is 5.77. The van der Waals surface area contributed by atoms with Gasteiger partial charge in [0.2, 0.25) is 5.91 Å². The Balaban J connectivity index is 1.28. The highest BCUT2D eigenvalue weighted by Crippen LogP contribution is 2.24. The Morgan fingerprint density at radius 2 is 1.79 bits per heavy atom. The maximum Gasteiger partial charge on any atom is 0.321 e. The minimum atomic E-state index is -0.417. The molecule has 10 heteroatoms. The Bertz CT molecular complexity index is 1070. The predicted molar refractivity (Wildman–Crippen MR) is 132 cm³/mol. The van der Waals surface area contributed by atoms with Gasteiger partial charge < -0.3 is 10.2 Å². The fourth-order valence-corrected chi connectivity index (χ4v) is 4.90. The van der Waals surface area contributed by atoms with Gasteiger partial charge in [-0.2, -0.15) is 9.78 Å². The second-order valence-corrected chi connectivity index (χ2v) is 9.43. The maximum absolute atomic E-state index is 12.7. The number of imide groups is 1. The quantitative estimate of drug-likeness (QED) is 0.673. The van der Waals surface area contributed by atoms with Crippen molar-refractivity contribution < 1.29 is 9.59 Å². The SMILES string of the molecule is C[C@H]1CCCC[C@@H]1NC(=O)NC(=O)CN1CCN(c2cnn(-c3ccccc3)c(=O)c2Cl)CC1. The van der Waals surface area contributed by atoms with Crippen LogP contribution in [0.25, 0.3) is 5.69 Å². The van der Waals surface area contributed by atoms with Crippen molar-refractivity contribution in [3.05, 3.63) is 51.9 Å². The van der Waals surface area contributed by atoms with Gasteiger partial charge in [0, 0.05) is 32.2 Å². The molecule has 3 amide bonds. The van der Waals surface area contributed by atoms with Crippen LogP contribution >= 0.6 is 11.6 Å². The highest BCUT2D eigenvalue weighted by atomic mass is 35.5. The third-order valence-corrected chi connectivity index (χ3v) is 7.02. The monoisotopic (exact) mass is 486 g/mol. The van der Waals surface area contributed by atoms with Crippen LogP contribution in [0.2, 0.25) is 5.02 Å². The summed E-state index contributed by atoms with van der Waals surface area (Å²) in [5, 5.41) is 9.82. The maximum atomic E-state index is 12.7. The van der Waals surface area contributed by atoms with Crippen molar-refractivity contribution in [2.24, 2.45) is 5.92 Å². The molecule has 4 rings (SSSR count). The number of benzene rings is 1. The van der Waals surface area contributed by atoms with Crippen LogP contribution in [0, 0.1) is 5.92 Å². The molecule has 34 heavy (non-hydrogen) atoms. The van der Waals surface area contributed by atoms with Gasteiger partial charge in [0.1, 0.15) is 5.02 Å².